The topological polar surface area (TPSA) is 72.6 Å². The van der Waals surface area contributed by atoms with Gasteiger partial charge in [0.1, 0.15) is 17.6 Å². The van der Waals surface area contributed by atoms with Crippen LogP contribution < -0.4 is 0 Å². The van der Waals surface area contributed by atoms with Gasteiger partial charge in [-0.15, -0.1) is 11.8 Å². The van der Waals surface area contributed by atoms with Gasteiger partial charge in [-0.05, 0) is 38.0 Å². The maximum absolute atomic E-state index is 10.7. The molecule has 29 heavy (non-hydrogen) atoms. The first-order valence-corrected chi connectivity index (χ1v) is 10.5. The Morgan fingerprint density at radius 3 is 2.66 bits per heavy atom. The van der Waals surface area contributed by atoms with Crippen molar-refractivity contribution in [2.45, 2.75) is 45.3 Å². The van der Waals surface area contributed by atoms with Crippen molar-refractivity contribution in [1.29, 1.82) is 0 Å². The summed E-state index contributed by atoms with van der Waals surface area (Å²) >= 11 is 1.30. The molecular weight excluding hydrogens is 397 g/mol. The van der Waals surface area contributed by atoms with Gasteiger partial charge in [0.05, 0.1) is 18.1 Å². The number of nitrogens with zero attached hydrogens (tertiary/aromatic N) is 1. The first kappa shape index (κ1) is 25.8. The molecule has 0 aliphatic heterocycles. The van der Waals surface area contributed by atoms with E-state index in [9.17, 15) is 4.79 Å². The summed E-state index contributed by atoms with van der Waals surface area (Å²) in [6.07, 6.45) is 2.87. The van der Waals surface area contributed by atoms with Crippen LogP contribution in [0.25, 0.3) is 11.5 Å². The number of hydrogen-bond donors (Lipinski definition) is 1. The molecule has 152 valence electrons. The first-order valence-electron chi connectivity index (χ1n) is 9.44. The molecule has 0 saturated carbocycles. The number of benzene rings is 1. The van der Waals surface area contributed by atoms with Gasteiger partial charge in [0.15, 0.2) is 0 Å². The van der Waals surface area contributed by atoms with Crippen LogP contribution in [0.5, 0.6) is 0 Å². The van der Waals surface area contributed by atoms with Crippen molar-refractivity contribution in [3.05, 3.63) is 41.3 Å². The van der Waals surface area contributed by atoms with E-state index in [2.05, 4.69) is 48.0 Å². The molecule has 0 amide bonds. The molecule has 0 spiro atoms. The molecule has 5 nitrogen and oxygen atoms in total. The number of oxazole rings is 1. The summed E-state index contributed by atoms with van der Waals surface area (Å²) in [4.78, 5) is 15.3. The van der Waals surface area contributed by atoms with E-state index in [1.165, 1.54) is 17.3 Å². The third-order valence-electron chi connectivity index (χ3n) is 4.17. The van der Waals surface area contributed by atoms with Crippen molar-refractivity contribution in [2.75, 3.05) is 19.0 Å². The number of hydrogen-bond acceptors (Lipinski definition) is 5. The van der Waals surface area contributed by atoms with E-state index in [1.807, 2.05) is 6.92 Å². The second-order valence-corrected chi connectivity index (χ2v) is 7.75. The molecule has 1 N–H and O–H groups in total. The minimum absolute atomic E-state index is 0. The molecule has 1 unspecified atom stereocenters. The molecule has 1 aromatic carbocycles. The number of ether oxygens (including phenoxy) is 1. The van der Waals surface area contributed by atoms with E-state index >= 15 is 0 Å². The Morgan fingerprint density at radius 1 is 1.28 bits per heavy atom. The molecule has 1 atom stereocenters. The van der Waals surface area contributed by atoms with Crippen LogP contribution in [0.15, 0.2) is 28.7 Å². The normalized spacial score (nSPS) is 11.3. The van der Waals surface area contributed by atoms with Crippen molar-refractivity contribution >= 4 is 47.3 Å². The van der Waals surface area contributed by atoms with Crippen LogP contribution in [0.4, 0.5) is 0 Å². The summed E-state index contributed by atoms with van der Waals surface area (Å²) in [5, 5.41) is 8.34. The van der Waals surface area contributed by atoms with Gasteiger partial charge in [0.2, 0.25) is 5.89 Å². The monoisotopic (exact) mass is 425 g/mol. The van der Waals surface area contributed by atoms with Crippen molar-refractivity contribution < 1.29 is 19.1 Å². The van der Waals surface area contributed by atoms with Crippen LogP contribution in [0.3, 0.4) is 0 Å². The third kappa shape index (κ3) is 8.98. The van der Waals surface area contributed by atoms with E-state index < -0.39 is 11.2 Å². The summed E-state index contributed by atoms with van der Waals surface area (Å²) < 4.78 is 11.3. The minimum atomic E-state index is -0.817. The molecule has 0 radical (unpaired) electrons. The predicted octanol–water partition coefficient (Wildman–Crippen LogP) is 3.72. The van der Waals surface area contributed by atoms with E-state index in [0.717, 1.165) is 29.9 Å². The number of thioether (sulfide) groups is 1. The second kappa shape index (κ2) is 13.9. The molecule has 2 aromatic rings. The van der Waals surface area contributed by atoms with Gasteiger partial charge >= 0.3 is 35.5 Å². The number of aryl methyl sites for hydroxylation is 2. The second-order valence-electron chi connectivity index (χ2n) is 6.42. The number of carbonyl (C=O) groups is 1. The standard InChI is InChI=1S/C22H27NO4S.Na.H/c1-4-7-18-8-10-19(11-9-18)21-23-20(16(2)27-21)12-14-26-13-5-6-15-28-17(3)22(24)25;;/h8-11,17H,4,7,12-15H2,1-3H3,(H,24,25);;. The number of carboxylic acids is 1. The fourth-order valence-corrected chi connectivity index (χ4v) is 3.10. The average Bonchev–Trinajstić information content (AvgIpc) is 3.05. The van der Waals surface area contributed by atoms with E-state index in [1.54, 1.807) is 6.92 Å². The zero-order valence-corrected chi connectivity index (χ0v) is 17.5. The Balaban J connectivity index is 0.00000420. The number of aromatic nitrogens is 1. The van der Waals surface area contributed by atoms with Crippen LogP contribution in [0.1, 0.15) is 37.3 Å². The Morgan fingerprint density at radius 2 is 2.00 bits per heavy atom. The molecule has 7 heteroatoms. The van der Waals surface area contributed by atoms with Crippen molar-refractivity contribution in [1.82, 2.24) is 4.98 Å². The molecule has 0 saturated heterocycles. The summed E-state index contributed by atoms with van der Waals surface area (Å²) in [7, 11) is 0. The maximum atomic E-state index is 10.7. The Labute approximate surface area is 199 Å². The van der Waals surface area contributed by atoms with Crippen LogP contribution in [-0.4, -0.2) is 69.8 Å². The fraction of sp³-hybridized carbons (Fsp3) is 0.455. The van der Waals surface area contributed by atoms with Crippen molar-refractivity contribution in [3.8, 4) is 23.3 Å². The quantitative estimate of drug-likeness (QED) is 0.355. The third-order valence-corrected chi connectivity index (χ3v) is 5.18. The molecular formula is C22H28NNaO4S. The summed E-state index contributed by atoms with van der Waals surface area (Å²) in [5.74, 6) is 6.92. The van der Waals surface area contributed by atoms with Gasteiger partial charge in [0, 0.05) is 12.0 Å². The van der Waals surface area contributed by atoms with Crippen molar-refractivity contribution in [3.63, 3.8) is 0 Å². The van der Waals surface area contributed by atoms with E-state index in [4.69, 9.17) is 14.3 Å². The Bertz CT molecular complexity index is 824. The first-order chi connectivity index (χ1) is 13.5. The molecule has 1 aromatic heterocycles. The molecule has 1 heterocycles. The van der Waals surface area contributed by atoms with E-state index in [-0.39, 0.29) is 29.6 Å². The van der Waals surface area contributed by atoms with E-state index in [0.29, 0.717) is 31.3 Å². The Hall–Kier alpha value is -1.23. The molecule has 0 bridgehead atoms. The average molecular weight is 426 g/mol. The van der Waals surface area contributed by atoms with Gasteiger partial charge in [0.25, 0.3) is 0 Å². The molecule has 0 aliphatic carbocycles. The fourth-order valence-electron chi connectivity index (χ4n) is 2.52. The van der Waals surface area contributed by atoms with Gasteiger partial charge in [-0.2, -0.15) is 0 Å². The summed E-state index contributed by atoms with van der Waals surface area (Å²) in [6, 6.07) is 8.34. The van der Waals surface area contributed by atoms with Crippen molar-refractivity contribution in [2.24, 2.45) is 0 Å². The summed E-state index contributed by atoms with van der Waals surface area (Å²) in [6.45, 7) is 6.57. The zero-order chi connectivity index (χ0) is 20.4. The number of aliphatic carboxylic acids is 1. The predicted molar refractivity (Wildman–Crippen MR) is 120 cm³/mol. The Kier molecular flexibility index (Phi) is 12.4. The van der Waals surface area contributed by atoms with Crippen LogP contribution >= 0.6 is 11.8 Å². The number of carboxylic acid groups (broad SMARTS) is 1. The van der Waals surface area contributed by atoms with Gasteiger partial charge in [-0.1, -0.05) is 37.3 Å². The zero-order valence-electron chi connectivity index (χ0n) is 16.7. The van der Waals surface area contributed by atoms with Crippen LogP contribution in [-0.2, 0) is 22.4 Å². The van der Waals surface area contributed by atoms with Gasteiger partial charge < -0.3 is 14.3 Å². The molecule has 2 rings (SSSR count). The SMILES string of the molecule is CCCc1ccc(-c2nc(CCOCC#CCSC(C)C(=O)O)c(C)o2)cc1.[NaH]. The molecule has 0 aliphatic rings. The van der Waals surface area contributed by atoms with Gasteiger partial charge in [-0.3, -0.25) is 4.79 Å². The van der Waals surface area contributed by atoms with Crippen LogP contribution in [0.2, 0.25) is 0 Å². The summed E-state index contributed by atoms with van der Waals surface area (Å²) in [5.41, 5.74) is 3.19. The van der Waals surface area contributed by atoms with Crippen LogP contribution in [0, 0.1) is 18.8 Å². The molecule has 0 fully saturated rings. The number of rotatable bonds is 10. The van der Waals surface area contributed by atoms with Gasteiger partial charge in [-0.25, -0.2) is 4.98 Å².